The molecule has 0 atom stereocenters. The van der Waals surface area contributed by atoms with Gasteiger partial charge in [-0.15, -0.1) is 0 Å². The maximum absolute atomic E-state index is 11.6. The van der Waals surface area contributed by atoms with E-state index < -0.39 is 0 Å². The Balaban J connectivity index is 2.05. The van der Waals surface area contributed by atoms with E-state index in [0.29, 0.717) is 6.42 Å². The summed E-state index contributed by atoms with van der Waals surface area (Å²) in [5.74, 6) is 0.169. The van der Waals surface area contributed by atoms with Crippen molar-refractivity contribution in [3.63, 3.8) is 0 Å². The van der Waals surface area contributed by atoms with Crippen molar-refractivity contribution in [3.8, 4) is 5.69 Å². The molecule has 1 aromatic carbocycles. The number of pyridine rings is 1. The highest BCUT2D eigenvalue weighted by Gasteiger charge is 2.06. The number of carbonyl (C=O) groups excluding carboxylic acids is 1. The number of Topliss-reactive ketones (excluding diaryl/α,β-unsaturated/α-hetero) is 1. The molecule has 0 amide bonds. The SMILES string of the molecule is CCC(=O)c1ccc(-n2ccc3cccnc32)cc1. The van der Waals surface area contributed by atoms with E-state index in [1.165, 1.54) is 0 Å². The van der Waals surface area contributed by atoms with E-state index in [1.807, 2.05) is 60.2 Å². The number of fused-ring (bicyclic) bond motifs is 1. The summed E-state index contributed by atoms with van der Waals surface area (Å²) in [7, 11) is 0. The van der Waals surface area contributed by atoms with Gasteiger partial charge in [-0.1, -0.05) is 6.92 Å². The quantitative estimate of drug-likeness (QED) is 0.665. The molecule has 0 aliphatic rings. The topological polar surface area (TPSA) is 34.9 Å². The van der Waals surface area contributed by atoms with Gasteiger partial charge in [0.2, 0.25) is 0 Å². The van der Waals surface area contributed by atoms with Crippen molar-refractivity contribution >= 4 is 16.8 Å². The molecule has 0 saturated carbocycles. The summed E-state index contributed by atoms with van der Waals surface area (Å²) in [6, 6.07) is 13.6. The van der Waals surface area contributed by atoms with Crippen LogP contribution in [0.2, 0.25) is 0 Å². The molecule has 0 aliphatic heterocycles. The van der Waals surface area contributed by atoms with Gasteiger partial charge in [-0.3, -0.25) is 4.79 Å². The fourth-order valence-corrected chi connectivity index (χ4v) is 2.19. The van der Waals surface area contributed by atoms with E-state index in [4.69, 9.17) is 0 Å². The van der Waals surface area contributed by atoms with Crippen LogP contribution in [0.5, 0.6) is 0 Å². The number of nitrogens with zero attached hydrogens (tertiary/aromatic N) is 2. The van der Waals surface area contributed by atoms with Gasteiger partial charge in [0.05, 0.1) is 0 Å². The second-order valence-electron chi connectivity index (χ2n) is 4.43. The Morgan fingerprint density at radius 3 is 2.68 bits per heavy atom. The standard InChI is InChI=1S/C16H14N2O/c1-2-15(19)12-5-7-14(8-6-12)18-11-9-13-4-3-10-17-16(13)18/h3-11H,2H2,1H3. The maximum atomic E-state index is 11.6. The number of hydrogen-bond acceptors (Lipinski definition) is 2. The number of hydrogen-bond donors (Lipinski definition) is 0. The molecular formula is C16H14N2O. The van der Waals surface area contributed by atoms with Crippen LogP contribution in [0.15, 0.2) is 54.9 Å². The molecule has 3 aromatic rings. The van der Waals surface area contributed by atoms with E-state index in [1.54, 1.807) is 6.20 Å². The number of benzene rings is 1. The third-order valence-corrected chi connectivity index (χ3v) is 3.24. The Morgan fingerprint density at radius 1 is 1.16 bits per heavy atom. The number of aromatic nitrogens is 2. The highest BCUT2D eigenvalue weighted by molar-refractivity contribution is 5.96. The monoisotopic (exact) mass is 250 g/mol. The van der Waals surface area contributed by atoms with Crippen molar-refractivity contribution in [3.05, 3.63) is 60.4 Å². The zero-order valence-electron chi connectivity index (χ0n) is 10.7. The van der Waals surface area contributed by atoms with E-state index in [-0.39, 0.29) is 5.78 Å². The second-order valence-corrected chi connectivity index (χ2v) is 4.43. The largest absolute Gasteiger partial charge is 0.301 e. The third kappa shape index (κ3) is 2.03. The smallest absolute Gasteiger partial charge is 0.162 e. The lowest BCUT2D eigenvalue weighted by Crippen LogP contribution is -1.98. The minimum atomic E-state index is 0.169. The average Bonchev–Trinajstić information content (AvgIpc) is 2.90. The van der Waals surface area contributed by atoms with Crippen LogP contribution in [0.3, 0.4) is 0 Å². The number of ketones is 1. The van der Waals surface area contributed by atoms with E-state index >= 15 is 0 Å². The Hall–Kier alpha value is -2.42. The van der Waals surface area contributed by atoms with Gasteiger partial charge in [-0.25, -0.2) is 4.98 Å². The lowest BCUT2D eigenvalue weighted by Gasteiger charge is -2.05. The summed E-state index contributed by atoms with van der Waals surface area (Å²) < 4.78 is 2.02. The molecule has 19 heavy (non-hydrogen) atoms. The molecule has 94 valence electrons. The molecule has 3 rings (SSSR count). The lowest BCUT2D eigenvalue weighted by atomic mass is 10.1. The summed E-state index contributed by atoms with van der Waals surface area (Å²) in [4.78, 5) is 16.0. The summed E-state index contributed by atoms with van der Waals surface area (Å²) in [5.41, 5.74) is 2.70. The van der Waals surface area contributed by atoms with Gasteiger partial charge in [0.15, 0.2) is 5.78 Å². The van der Waals surface area contributed by atoms with Crippen molar-refractivity contribution in [1.29, 1.82) is 0 Å². The van der Waals surface area contributed by atoms with Crippen LogP contribution < -0.4 is 0 Å². The van der Waals surface area contributed by atoms with E-state index in [2.05, 4.69) is 4.98 Å². The van der Waals surface area contributed by atoms with Gasteiger partial charge in [-0.2, -0.15) is 0 Å². The number of carbonyl (C=O) groups is 1. The van der Waals surface area contributed by atoms with Crippen molar-refractivity contribution in [2.45, 2.75) is 13.3 Å². The molecule has 0 radical (unpaired) electrons. The highest BCUT2D eigenvalue weighted by Crippen LogP contribution is 2.18. The van der Waals surface area contributed by atoms with Crippen molar-refractivity contribution in [2.24, 2.45) is 0 Å². The third-order valence-electron chi connectivity index (χ3n) is 3.24. The van der Waals surface area contributed by atoms with Crippen LogP contribution >= 0.6 is 0 Å². The van der Waals surface area contributed by atoms with Crippen molar-refractivity contribution in [2.75, 3.05) is 0 Å². The van der Waals surface area contributed by atoms with Crippen LogP contribution in [0.4, 0.5) is 0 Å². The molecular weight excluding hydrogens is 236 g/mol. The molecule has 2 heterocycles. The first-order valence-electron chi connectivity index (χ1n) is 6.35. The molecule has 0 aliphatic carbocycles. The zero-order chi connectivity index (χ0) is 13.2. The Labute approximate surface area is 111 Å². The molecule has 0 unspecified atom stereocenters. The lowest BCUT2D eigenvalue weighted by molar-refractivity contribution is 0.0988. The van der Waals surface area contributed by atoms with E-state index in [9.17, 15) is 4.79 Å². The molecule has 2 aromatic heterocycles. The Morgan fingerprint density at radius 2 is 1.95 bits per heavy atom. The molecule has 0 saturated heterocycles. The molecule has 3 heteroatoms. The van der Waals surface area contributed by atoms with Gasteiger partial charge < -0.3 is 4.57 Å². The van der Waals surface area contributed by atoms with Crippen molar-refractivity contribution in [1.82, 2.24) is 9.55 Å². The maximum Gasteiger partial charge on any atom is 0.162 e. The molecule has 3 nitrogen and oxygen atoms in total. The normalized spacial score (nSPS) is 10.8. The Kier molecular flexibility index (Phi) is 2.88. The van der Waals surface area contributed by atoms with Gasteiger partial charge in [0.1, 0.15) is 5.65 Å². The van der Waals surface area contributed by atoms with Crippen LogP contribution in [0.25, 0.3) is 16.7 Å². The minimum Gasteiger partial charge on any atom is -0.301 e. The van der Waals surface area contributed by atoms with Gasteiger partial charge in [0.25, 0.3) is 0 Å². The fourth-order valence-electron chi connectivity index (χ4n) is 2.19. The van der Waals surface area contributed by atoms with Crippen LogP contribution in [-0.2, 0) is 0 Å². The van der Waals surface area contributed by atoms with Crippen molar-refractivity contribution < 1.29 is 4.79 Å². The first-order valence-corrected chi connectivity index (χ1v) is 6.35. The fraction of sp³-hybridized carbons (Fsp3) is 0.125. The van der Waals surface area contributed by atoms with Crippen LogP contribution in [-0.4, -0.2) is 15.3 Å². The molecule has 0 bridgehead atoms. The molecule has 0 N–H and O–H groups in total. The number of rotatable bonds is 3. The summed E-state index contributed by atoms with van der Waals surface area (Å²) in [5, 5.41) is 1.11. The zero-order valence-corrected chi connectivity index (χ0v) is 10.7. The highest BCUT2D eigenvalue weighted by atomic mass is 16.1. The predicted molar refractivity (Wildman–Crippen MR) is 75.7 cm³/mol. The Bertz CT molecular complexity index is 726. The van der Waals surface area contributed by atoms with Gasteiger partial charge in [0, 0.05) is 35.5 Å². The van der Waals surface area contributed by atoms with E-state index in [0.717, 1.165) is 22.3 Å². The summed E-state index contributed by atoms with van der Waals surface area (Å²) in [6.07, 6.45) is 4.31. The molecule has 0 spiro atoms. The summed E-state index contributed by atoms with van der Waals surface area (Å²) in [6.45, 7) is 1.87. The first-order chi connectivity index (χ1) is 9.29. The average molecular weight is 250 g/mol. The van der Waals surface area contributed by atoms with Gasteiger partial charge >= 0.3 is 0 Å². The van der Waals surface area contributed by atoms with Crippen LogP contribution in [0.1, 0.15) is 23.7 Å². The minimum absolute atomic E-state index is 0.169. The van der Waals surface area contributed by atoms with Crippen LogP contribution in [0, 0.1) is 0 Å². The predicted octanol–water partition coefficient (Wildman–Crippen LogP) is 3.62. The first kappa shape index (κ1) is 11.7. The van der Waals surface area contributed by atoms with Gasteiger partial charge in [-0.05, 0) is 42.5 Å². The second kappa shape index (κ2) is 4.69. The summed E-state index contributed by atoms with van der Waals surface area (Å²) >= 11 is 0. The molecule has 0 fully saturated rings.